The highest BCUT2D eigenvalue weighted by Crippen LogP contribution is 2.24. The number of carbonyl (C=O) groups excluding carboxylic acids is 1. The highest BCUT2D eigenvalue weighted by molar-refractivity contribution is 7.92. The number of carbonyl (C=O) groups is 1. The molecule has 1 fully saturated rings. The van der Waals surface area contributed by atoms with Crippen molar-refractivity contribution in [3.05, 3.63) is 59.7 Å². The molecule has 2 aromatic carbocycles. The average molecular weight is 410 g/mol. The number of para-hydroxylation sites is 1. The van der Waals surface area contributed by atoms with Crippen molar-refractivity contribution in [2.45, 2.75) is 18.2 Å². The van der Waals surface area contributed by atoms with Crippen molar-refractivity contribution in [1.29, 1.82) is 0 Å². The van der Waals surface area contributed by atoms with Crippen LogP contribution < -0.4 is 10.5 Å². The van der Waals surface area contributed by atoms with Gasteiger partial charge in [-0.15, -0.1) is 12.4 Å². The highest BCUT2D eigenvalue weighted by atomic mass is 35.5. The lowest BCUT2D eigenvalue weighted by Gasteiger charge is -2.19. The Balaban J connectivity index is 0.00000261. The van der Waals surface area contributed by atoms with Crippen molar-refractivity contribution >= 4 is 34.0 Å². The van der Waals surface area contributed by atoms with E-state index in [0.29, 0.717) is 31.1 Å². The number of hydrogen-bond acceptors (Lipinski definition) is 4. The maximum atomic E-state index is 12.8. The summed E-state index contributed by atoms with van der Waals surface area (Å²) in [5.74, 6) is 0.124. The number of likely N-dealkylation sites (tertiary alicyclic amines) is 1. The fourth-order valence-electron chi connectivity index (χ4n) is 3.06. The maximum Gasteiger partial charge on any atom is 0.261 e. The molecule has 1 unspecified atom stereocenters. The number of sulfonamides is 1. The third-order valence-corrected chi connectivity index (χ3v) is 6.02. The van der Waals surface area contributed by atoms with E-state index >= 15 is 0 Å². The zero-order valence-corrected chi connectivity index (χ0v) is 16.7. The summed E-state index contributed by atoms with van der Waals surface area (Å²) in [5, 5.41) is 0. The maximum absolute atomic E-state index is 12.8. The van der Waals surface area contributed by atoms with Crippen LogP contribution in [0.2, 0.25) is 0 Å². The fourth-order valence-corrected chi connectivity index (χ4v) is 4.14. The second-order valence-electron chi connectivity index (χ2n) is 6.61. The van der Waals surface area contributed by atoms with Gasteiger partial charge in [-0.1, -0.05) is 29.8 Å². The molecule has 0 aliphatic carbocycles. The van der Waals surface area contributed by atoms with E-state index in [1.165, 1.54) is 0 Å². The number of amides is 1. The van der Waals surface area contributed by atoms with Gasteiger partial charge in [0, 0.05) is 13.1 Å². The molecule has 1 amide bonds. The molecule has 0 radical (unpaired) electrons. The molecular weight excluding hydrogens is 386 g/mol. The van der Waals surface area contributed by atoms with Gasteiger partial charge in [-0.2, -0.15) is 0 Å². The Hall–Kier alpha value is -2.09. The van der Waals surface area contributed by atoms with Gasteiger partial charge in [0.05, 0.1) is 16.1 Å². The van der Waals surface area contributed by atoms with Crippen molar-refractivity contribution < 1.29 is 13.2 Å². The topological polar surface area (TPSA) is 92.5 Å². The van der Waals surface area contributed by atoms with E-state index in [2.05, 4.69) is 4.72 Å². The molecule has 0 spiro atoms. The first-order valence-corrected chi connectivity index (χ1v) is 10.1. The SMILES string of the molecule is Cc1ccc(S(=O)(=O)Nc2ccccc2C(=O)N2CCC(CN)C2)cc1.Cl. The van der Waals surface area contributed by atoms with Crippen LogP contribution in [0.1, 0.15) is 22.3 Å². The van der Waals surface area contributed by atoms with E-state index in [-0.39, 0.29) is 28.9 Å². The van der Waals surface area contributed by atoms with Gasteiger partial charge in [-0.05, 0) is 50.1 Å². The first-order valence-electron chi connectivity index (χ1n) is 8.58. The molecule has 146 valence electrons. The van der Waals surface area contributed by atoms with E-state index in [1.54, 1.807) is 53.4 Å². The van der Waals surface area contributed by atoms with Gasteiger partial charge >= 0.3 is 0 Å². The van der Waals surface area contributed by atoms with Crippen molar-refractivity contribution in [1.82, 2.24) is 4.90 Å². The van der Waals surface area contributed by atoms with Crippen LogP contribution in [0, 0.1) is 12.8 Å². The summed E-state index contributed by atoms with van der Waals surface area (Å²) in [7, 11) is -3.77. The minimum atomic E-state index is -3.77. The summed E-state index contributed by atoms with van der Waals surface area (Å²) in [6.45, 7) is 3.68. The number of rotatable bonds is 5. The molecule has 1 aliphatic heterocycles. The predicted octanol–water partition coefficient (Wildman–Crippen LogP) is 2.64. The molecule has 0 saturated carbocycles. The smallest absolute Gasteiger partial charge is 0.261 e. The number of aryl methyl sites for hydroxylation is 1. The van der Waals surface area contributed by atoms with Crippen LogP contribution >= 0.6 is 12.4 Å². The zero-order valence-electron chi connectivity index (χ0n) is 15.1. The minimum absolute atomic E-state index is 0. The number of nitrogens with zero attached hydrogens (tertiary/aromatic N) is 1. The zero-order chi connectivity index (χ0) is 18.7. The van der Waals surface area contributed by atoms with E-state index in [9.17, 15) is 13.2 Å². The second kappa shape index (κ2) is 8.73. The molecule has 0 aromatic heterocycles. The van der Waals surface area contributed by atoms with Crippen molar-refractivity contribution in [2.75, 3.05) is 24.4 Å². The van der Waals surface area contributed by atoms with Gasteiger partial charge in [0.1, 0.15) is 0 Å². The average Bonchev–Trinajstić information content (AvgIpc) is 3.11. The van der Waals surface area contributed by atoms with E-state index < -0.39 is 10.0 Å². The molecule has 1 aliphatic rings. The normalized spacial score (nSPS) is 16.7. The van der Waals surface area contributed by atoms with Crippen LogP contribution in [0.25, 0.3) is 0 Å². The van der Waals surface area contributed by atoms with Crippen LogP contribution in [0.5, 0.6) is 0 Å². The molecule has 1 saturated heterocycles. The molecule has 0 bridgehead atoms. The Morgan fingerprint density at radius 2 is 1.85 bits per heavy atom. The van der Waals surface area contributed by atoms with Gasteiger partial charge in [-0.3, -0.25) is 9.52 Å². The monoisotopic (exact) mass is 409 g/mol. The Morgan fingerprint density at radius 3 is 2.48 bits per heavy atom. The molecular formula is C19H24ClN3O3S. The number of nitrogens with one attached hydrogen (secondary N) is 1. The molecule has 6 nitrogen and oxygen atoms in total. The first-order chi connectivity index (χ1) is 12.4. The predicted molar refractivity (Wildman–Crippen MR) is 109 cm³/mol. The Bertz CT molecular complexity index is 901. The summed E-state index contributed by atoms with van der Waals surface area (Å²) in [6, 6.07) is 13.3. The van der Waals surface area contributed by atoms with E-state index in [1.807, 2.05) is 6.92 Å². The lowest BCUT2D eigenvalue weighted by Crippen LogP contribution is -2.30. The van der Waals surface area contributed by atoms with Gasteiger partial charge < -0.3 is 10.6 Å². The van der Waals surface area contributed by atoms with Crippen LogP contribution in [0.3, 0.4) is 0 Å². The second-order valence-corrected chi connectivity index (χ2v) is 8.29. The largest absolute Gasteiger partial charge is 0.338 e. The molecule has 2 aromatic rings. The molecule has 27 heavy (non-hydrogen) atoms. The Morgan fingerprint density at radius 1 is 1.19 bits per heavy atom. The summed E-state index contributed by atoms with van der Waals surface area (Å²) in [6.07, 6.45) is 0.875. The highest BCUT2D eigenvalue weighted by Gasteiger charge is 2.28. The van der Waals surface area contributed by atoms with Crippen molar-refractivity contribution in [3.8, 4) is 0 Å². The van der Waals surface area contributed by atoms with Gasteiger partial charge in [0.2, 0.25) is 0 Å². The summed E-state index contributed by atoms with van der Waals surface area (Å²) < 4.78 is 27.9. The molecule has 1 atom stereocenters. The molecule has 3 N–H and O–H groups in total. The Kier molecular flexibility index (Phi) is 6.86. The van der Waals surface area contributed by atoms with Crippen LogP contribution in [-0.2, 0) is 10.0 Å². The van der Waals surface area contributed by atoms with E-state index in [4.69, 9.17) is 5.73 Å². The van der Waals surface area contributed by atoms with Crippen LogP contribution in [0.15, 0.2) is 53.4 Å². The number of halogens is 1. The number of hydrogen-bond donors (Lipinski definition) is 2. The van der Waals surface area contributed by atoms with Gasteiger partial charge in [0.15, 0.2) is 0 Å². The number of benzene rings is 2. The standard InChI is InChI=1S/C19H23N3O3S.ClH/c1-14-6-8-16(9-7-14)26(24,25)21-18-5-3-2-4-17(18)19(23)22-11-10-15(12-20)13-22;/h2-9,15,21H,10-13,20H2,1H3;1H. The summed E-state index contributed by atoms with van der Waals surface area (Å²) in [5.41, 5.74) is 7.30. The van der Waals surface area contributed by atoms with Gasteiger partial charge in [-0.25, -0.2) is 8.42 Å². The third kappa shape index (κ3) is 4.80. The molecule has 3 rings (SSSR count). The summed E-state index contributed by atoms with van der Waals surface area (Å²) in [4.78, 5) is 14.7. The van der Waals surface area contributed by atoms with Gasteiger partial charge in [0.25, 0.3) is 15.9 Å². The minimum Gasteiger partial charge on any atom is -0.338 e. The Labute approximate surface area is 166 Å². The number of anilines is 1. The lowest BCUT2D eigenvalue weighted by atomic mass is 10.1. The fraction of sp³-hybridized carbons (Fsp3) is 0.316. The van der Waals surface area contributed by atoms with Crippen molar-refractivity contribution in [2.24, 2.45) is 11.7 Å². The quantitative estimate of drug-likeness (QED) is 0.793. The lowest BCUT2D eigenvalue weighted by molar-refractivity contribution is 0.0788. The molecule has 1 heterocycles. The van der Waals surface area contributed by atoms with Crippen LogP contribution in [-0.4, -0.2) is 38.9 Å². The van der Waals surface area contributed by atoms with E-state index in [0.717, 1.165) is 12.0 Å². The number of nitrogens with two attached hydrogens (primary N) is 1. The first kappa shape index (κ1) is 21.2. The third-order valence-electron chi connectivity index (χ3n) is 4.64. The van der Waals surface area contributed by atoms with Crippen molar-refractivity contribution in [3.63, 3.8) is 0 Å². The van der Waals surface area contributed by atoms with Crippen LogP contribution in [0.4, 0.5) is 5.69 Å². The molecule has 8 heteroatoms. The summed E-state index contributed by atoms with van der Waals surface area (Å²) >= 11 is 0.